The second-order valence-corrected chi connectivity index (χ2v) is 5.80. The van der Waals surface area contributed by atoms with E-state index >= 15 is 0 Å². The van der Waals surface area contributed by atoms with E-state index in [0.717, 1.165) is 5.56 Å². The van der Waals surface area contributed by atoms with Crippen LogP contribution < -0.4 is 14.9 Å². The number of hydrogen-bond acceptors (Lipinski definition) is 5. The van der Waals surface area contributed by atoms with Crippen molar-refractivity contribution in [1.29, 1.82) is 0 Å². The minimum absolute atomic E-state index is 0.00480. The van der Waals surface area contributed by atoms with E-state index in [1.807, 2.05) is 19.1 Å². The van der Waals surface area contributed by atoms with Gasteiger partial charge in [-0.1, -0.05) is 17.7 Å². The molecule has 24 heavy (non-hydrogen) atoms. The molecule has 2 aromatic carbocycles. The summed E-state index contributed by atoms with van der Waals surface area (Å²) in [5.74, 6) is 0.550. The van der Waals surface area contributed by atoms with Gasteiger partial charge in [0.05, 0.1) is 17.8 Å². The first-order chi connectivity index (χ1) is 11.5. The highest BCUT2D eigenvalue weighted by atomic mass is 79.9. The number of halogens is 1. The predicted octanol–water partition coefficient (Wildman–Crippen LogP) is 3.00. The molecule has 0 aliphatic carbocycles. The number of carbonyl (C=O) groups is 1. The molecule has 0 aliphatic heterocycles. The van der Waals surface area contributed by atoms with Crippen LogP contribution in [0.25, 0.3) is 0 Å². The zero-order chi connectivity index (χ0) is 17.5. The second kappa shape index (κ2) is 8.35. The Morgan fingerprint density at radius 3 is 2.71 bits per heavy atom. The number of hydrazone groups is 1. The number of benzene rings is 2. The van der Waals surface area contributed by atoms with Crippen LogP contribution in [0.15, 0.2) is 46.0 Å². The van der Waals surface area contributed by atoms with Crippen molar-refractivity contribution >= 4 is 28.1 Å². The first-order valence-electron chi connectivity index (χ1n) is 7.07. The molecular formula is C17H17BrN2O4. The fraction of sp³-hybridized carbons (Fsp3) is 0.176. The molecule has 126 valence electrons. The summed E-state index contributed by atoms with van der Waals surface area (Å²) in [6.07, 6.45) is 1.44. The fourth-order valence-electron chi connectivity index (χ4n) is 1.82. The minimum Gasteiger partial charge on any atom is -0.503 e. The molecule has 7 heteroatoms. The average molecular weight is 393 g/mol. The molecule has 2 N–H and O–H groups in total. The molecule has 0 radical (unpaired) electrons. The lowest BCUT2D eigenvalue weighted by Crippen LogP contribution is -2.24. The van der Waals surface area contributed by atoms with Crippen LogP contribution in [-0.4, -0.2) is 30.9 Å². The number of phenols is 1. The van der Waals surface area contributed by atoms with Crippen LogP contribution in [0.3, 0.4) is 0 Å². The largest absolute Gasteiger partial charge is 0.503 e. The third-order valence-electron chi connectivity index (χ3n) is 3.06. The Kier molecular flexibility index (Phi) is 6.20. The average Bonchev–Trinajstić information content (AvgIpc) is 2.57. The number of amides is 1. The number of phenolic OH excluding ortho intramolecular Hbond substituents is 1. The van der Waals surface area contributed by atoms with E-state index in [2.05, 4.69) is 26.5 Å². The highest BCUT2D eigenvalue weighted by Gasteiger charge is 2.07. The molecule has 0 atom stereocenters. The molecule has 0 unspecified atom stereocenters. The highest BCUT2D eigenvalue weighted by molar-refractivity contribution is 9.10. The van der Waals surface area contributed by atoms with Crippen molar-refractivity contribution in [2.75, 3.05) is 13.7 Å². The van der Waals surface area contributed by atoms with Gasteiger partial charge in [0.15, 0.2) is 18.1 Å². The fourth-order valence-corrected chi connectivity index (χ4v) is 2.28. The van der Waals surface area contributed by atoms with Gasteiger partial charge in [-0.05, 0) is 52.7 Å². The van der Waals surface area contributed by atoms with Crippen molar-refractivity contribution in [2.45, 2.75) is 6.92 Å². The Morgan fingerprint density at radius 1 is 1.33 bits per heavy atom. The maximum absolute atomic E-state index is 11.7. The lowest BCUT2D eigenvalue weighted by molar-refractivity contribution is -0.123. The van der Waals surface area contributed by atoms with Gasteiger partial charge in [0, 0.05) is 0 Å². The summed E-state index contributed by atoms with van der Waals surface area (Å²) in [6.45, 7) is 1.84. The van der Waals surface area contributed by atoms with Crippen molar-refractivity contribution in [1.82, 2.24) is 5.43 Å². The van der Waals surface area contributed by atoms with Crippen LogP contribution in [0.2, 0.25) is 0 Å². The van der Waals surface area contributed by atoms with Gasteiger partial charge in [-0.2, -0.15) is 5.10 Å². The number of methoxy groups -OCH3 is 1. The smallest absolute Gasteiger partial charge is 0.277 e. The molecule has 0 spiro atoms. The zero-order valence-electron chi connectivity index (χ0n) is 13.2. The number of aromatic hydroxyl groups is 1. The summed E-state index contributed by atoms with van der Waals surface area (Å²) in [7, 11) is 1.45. The van der Waals surface area contributed by atoms with Gasteiger partial charge in [0.2, 0.25) is 0 Å². The summed E-state index contributed by atoms with van der Waals surface area (Å²) < 4.78 is 10.9. The van der Waals surface area contributed by atoms with Gasteiger partial charge in [-0.3, -0.25) is 4.79 Å². The lowest BCUT2D eigenvalue weighted by atomic mass is 10.2. The number of aryl methyl sites for hydroxylation is 1. The van der Waals surface area contributed by atoms with Crippen LogP contribution in [-0.2, 0) is 4.79 Å². The third kappa shape index (κ3) is 4.99. The van der Waals surface area contributed by atoms with Crippen molar-refractivity contribution < 1.29 is 19.4 Å². The van der Waals surface area contributed by atoms with E-state index in [-0.39, 0.29) is 18.3 Å². The van der Waals surface area contributed by atoms with Crippen LogP contribution in [0.4, 0.5) is 0 Å². The Hall–Kier alpha value is -2.54. The topological polar surface area (TPSA) is 80.2 Å². The Labute approximate surface area is 148 Å². The van der Waals surface area contributed by atoms with Crippen molar-refractivity contribution in [3.05, 3.63) is 52.0 Å². The van der Waals surface area contributed by atoms with E-state index in [1.165, 1.54) is 13.3 Å². The molecule has 0 saturated heterocycles. The number of nitrogens with one attached hydrogen (secondary N) is 1. The predicted molar refractivity (Wildman–Crippen MR) is 94.8 cm³/mol. The van der Waals surface area contributed by atoms with Gasteiger partial charge < -0.3 is 14.6 Å². The van der Waals surface area contributed by atoms with Gasteiger partial charge in [-0.25, -0.2) is 5.43 Å². The molecule has 0 saturated carbocycles. The van der Waals surface area contributed by atoms with Crippen LogP contribution in [0, 0.1) is 6.92 Å². The van der Waals surface area contributed by atoms with E-state index in [9.17, 15) is 9.90 Å². The van der Waals surface area contributed by atoms with E-state index in [4.69, 9.17) is 9.47 Å². The summed E-state index contributed by atoms with van der Waals surface area (Å²) in [6, 6.07) is 10.6. The SMILES string of the molecule is COc1cc(C=NNC(=O)COc2ccc(C)cc2)cc(Br)c1O. The first-order valence-corrected chi connectivity index (χ1v) is 7.86. The molecule has 0 aromatic heterocycles. The molecule has 0 aliphatic rings. The zero-order valence-corrected chi connectivity index (χ0v) is 14.8. The lowest BCUT2D eigenvalue weighted by Gasteiger charge is -2.06. The summed E-state index contributed by atoms with van der Waals surface area (Å²) in [5, 5.41) is 13.6. The number of rotatable bonds is 6. The standard InChI is InChI=1S/C17H17BrN2O4/c1-11-3-5-13(6-4-11)24-10-16(21)20-19-9-12-7-14(18)17(22)15(8-12)23-2/h3-9,22H,10H2,1-2H3,(H,20,21). The van der Waals surface area contributed by atoms with Gasteiger partial charge in [-0.15, -0.1) is 0 Å². The number of hydrogen-bond donors (Lipinski definition) is 2. The van der Waals surface area contributed by atoms with Gasteiger partial charge in [0.25, 0.3) is 5.91 Å². The Balaban J connectivity index is 1.88. The van der Waals surface area contributed by atoms with E-state index in [0.29, 0.717) is 21.5 Å². The molecule has 0 heterocycles. The molecule has 0 fully saturated rings. The van der Waals surface area contributed by atoms with E-state index < -0.39 is 0 Å². The Bertz CT molecular complexity index is 745. The first kappa shape index (κ1) is 17.8. The second-order valence-electron chi connectivity index (χ2n) is 4.95. The maximum atomic E-state index is 11.7. The number of ether oxygens (including phenoxy) is 2. The van der Waals surface area contributed by atoms with Crippen molar-refractivity contribution in [2.24, 2.45) is 5.10 Å². The molecule has 6 nitrogen and oxygen atoms in total. The van der Waals surface area contributed by atoms with Crippen molar-refractivity contribution in [3.63, 3.8) is 0 Å². The van der Waals surface area contributed by atoms with Crippen molar-refractivity contribution in [3.8, 4) is 17.2 Å². The number of nitrogens with zero attached hydrogens (tertiary/aromatic N) is 1. The van der Waals surface area contributed by atoms with Gasteiger partial charge in [0.1, 0.15) is 5.75 Å². The monoisotopic (exact) mass is 392 g/mol. The van der Waals surface area contributed by atoms with Crippen LogP contribution in [0.1, 0.15) is 11.1 Å². The molecule has 2 aromatic rings. The highest BCUT2D eigenvalue weighted by Crippen LogP contribution is 2.34. The summed E-state index contributed by atoms with van der Waals surface area (Å²) in [5.41, 5.74) is 4.14. The summed E-state index contributed by atoms with van der Waals surface area (Å²) in [4.78, 5) is 11.7. The maximum Gasteiger partial charge on any atom is 0.277 e. The molecule has 1 amide bonds. The summed E-state index contributed by atoms with van der Waals surface area (Å²) >= 11 is 3.22. The molecular weight excluding hydrogens is 376 g/mol. The van der Waals surface area contributed by atoms with Crippen LogP contribution >= 0.6 is 15.9 Å². The third-order valence-corrected chi connectivity index (χ3v) is 3.67. The molecule has 2 rings (SSSR count). The Morgan fingerprint density at radius 2 is 2.04 bits per heavy atom. The van der Waals surface area contributed by atoms with Crippen LogP contribution in [0.5, 0.6) is 17.2 Å². The normalized spacial score (nSPS) is 10.6. The minimum atomic E-state index is -0.378. The molecule has 0 bridgehead atoms. The van der Waals surface area contributed by atoms with Gasteiger partial charge >= 0.3 is 0 Å². The quantitative estimate of drug-likeness (QED) is 0.584. The number of carbonyl (C=O) groups excluding carboxylic acids is 1. The van der Waals surface area contributed by atoms with E-state index in [1.54, 1.807) is 24.3 Å².